The Hall–Kier alpha value is -2.30. The second kappa shape index (κ2) is 7.94. The molecule has 0 aromatic heterocycles. The summed E-state index contributed by atoms with van der Waals surface area (Å²) in [5.74, 6) is 1.14. The Morgan fingerprint density at radius 3 is 2.27 bits per heavy atom. The zero-order valence-electron chi connectivity index (χ0n) is 14.3. The number of ether oxygens (including phenoxy) is 2. The highest BCUT2D eigenvalue weighted by atomic mass is 32.2. The van der Waals surface area contributed by atoms with Gasteiger partial charge in [-0.1, -0.05) is 12.1 Å². The van der Waals surface area contributed by atoms with Crippen molar-refractivity contribution in [3.8, 4) is 11.5 Å². The molecule has 142 valence electrons. The number of hydrogen-bond donors (Lipinski definition) is 2. The maximum Gasteiger partial charge on any atom is 0.238 e. The lowest BCUT2D eigenvalue weighted by atomic mass is 10.3. The molecule has 0 amide bonds. The highest BCUT2D eigenvalue weighted by molar-refractivity contribution is 7.91. The van der Waals surface area contributed by atoms with Gasteiger partial charge in [-0.25, -0.2) is 22.0 Å². The van der Waals surface area contributed by atoms with E-state index in [-0.39, 0.29) is 28.6 Å². The van der Waals surface area contributed by atoms with Crippen LogP contribution in [0.15, 0.2) is 52.3 Å². The second-order valence-electron chi connectivity index (χ2n) is 5.40. The molecule has 2 rings (SSSR count). The number of rotatable bonds is 8. The van der Waals surface area contributed by atoms with Crippen LogP contribution in [0.2, 0.25) is 0 Å². The van der Waals surface area contributed by atoms with Gasteiger partial charge in [-0.15, -0.1) is 0 Å². The number of nitrogens with two attached hydrogens (primary N) is 1. The number of sulfonamides is 1. The third-order valence-corrected chi connectivity index (χ3v) is 5.47. The van der Waals surface area contributed by atoms with E-state index in [1.807, 2.05) is 6.07 Å². The molecule has 8 nitrogen and oxygen atoms in total. The predicted octanol–water partition coefficient (Wildman–Crippen LogP) is 1.24. The zero-order chi connectivity index (χ0) is 19.4. The summed E-state index contributed by atoms with van der Waals surface area (Å²) < 4.78 is 57.5. The molecule has 2 aromatic rings. The number of primary sulfonamides is 1. The van der Waals surface area contributed by atoms with Crippen LogP contribution >= 0.6 is 0 Å². The first-order valence-electron chi connectivity index (χ1n) is 7.49. The molecular formula is C16H20N2O6S2. The molecule has 0 unspecified atom stereocenters. The monoisotopic (exact) mass is 400 g/mol. The first-order valence-corrected chi connectivity index (χ1v) is 10.9. The Labute approximate surface area is 152 Å². The molecule has 26 heavy (non-hydrogen) atoms. The standard InChI is InChI=1S/C16H20N2O6S2/c1-23-14-5-3-4-6-15(14)24-10-9-18-13-8-7-12(26(17,21)22)11-16(13)25(2,19)20/h3-8,11,18H,9-10H2,1-2H3,(H2,17,21,22). The minimum Gasteiger partial charge on any atom is -0.493 e. The van der Waals surface area contributed by atoms with E-state index >= 15 is 0 Å². The summed E-state index contributed by atoms with van der Waals surface area (Å²) >= 11 is 0. The predicted molar refractivity (Wildman–Crippen MR) is 97.9 cm³/mol. The highest BCUT2D eigenvalue weighted by Gasteiger charge is 2.18. The summed E-state index contributed by atoms with van der Waals surface area (Å²) in [5, 5.41) is 7.98. The first-order chi connectivity index (χ1) is 12.1. The highest BCUT2D eigenvalue weighted by Crippen LogP contribution is 2.26. The van der Waals surface area contributed by atoms with Gasteiger partial charge in [0.15, 0.2) is 21.3 Å². The normalized spacial score (nSPS) is 11.8. The van der Waals surface area contributed by atoms with Crippen molar-refractivity contribution in [3.63, 3.8) is 0 Å². The molecule has 0 aliphatic rings. The lowest BCUT2D eigenvalue weighted by Gasteiger charge is -2.14. The van der Waals surface area contributed by atoms with Crippen LogP contribution in [0, 0.1) is 0 Å². The number of sulfone groups is 1. The average molecular weight is 400 g/mol. The van der Waals surface area contributed by atoms with E-state index in [0.717, 1.165) is 12.3 Å². The molecule has 0 aliphatic heterocycles. The number of methoxy groups -OCH3 is 1. The summed E-state index contributed by atoms with van der Waals surface area (Å²) in [4.78, 5) is -0.421. The minimum absolute atomic E-state index is 0.152. The third kappa shape index (κ3) is 5.10. The second-order valence-corrected chi connectivity index (χ2v) is 8.95. The van der Waals surface area contributed by atoms with Crippen LogP contribution in [-0.4, -0.2) is 43.4 Å². The van der Waals surface area contributed by atoms with Crippen molar-refractivity contribution in [1.82, 2.24) is 0 Å². The quantitative estimate of drug-likeness (QED) is 0.639. The number of benzene rings is 2. The van der Waals surface area contributed by atoms with E-state index in [9.17, 15) is 16.8 Å². The number of para-hydroxylation sites is 2. The summed E-state index contributed by atoms with van der Waals surface area (Å²) in [6, 6.07) is 10.8. The van der Waals surface area contributed by atoms with Gasteiger partial charge in [0.05, 0.1) is 22.6 Å². The van der Waals surface area contributed by atoms with Crippen LogP contribution in [0.1, 0.15) is 0 Å². The molecule has 2 aromatic carbocycles. The molecule has 0 spiro atoms. The largest absolute Gasteiger partial charge is 0.493 e. The Kier molecular flexibility index (Phi) is 6.11. The first kappa shape index (κ1) is 20.0. The molecular weight excluding hydrogens is 380 g/mol. The van der Waals surface area contributed by atoms with Crippen molar-refractivity contribution in [3.05, 3.63) is 42.5 Å². The maximum atomic E-state index is 11.9. The molecule has 0 atom stereocenters. The molecule has 3 N–H and O–H groups in total. The van der Waals surface area contributed by atoms with E-state index in [1.54, 1.807) is 18.2 Å². The fourth-order valence-corrected chi connectivity index (χ4v) is 3.71. The molecule has 0 aliphatic carbocycles. The Morgan fingerprint density at radius 2 is 1.69 bits per heavy atom. The smallest absolute Gasteiger partial charge is 0.238 e. The fourth-order valence-electron chi connectivity index (χ4n) is 2.22. The Balaban J connectivity index is 2.12. The zero-order valence-corrected chi connectivity index (χ0v) is 15.9. The molecule has 0 bridgehead atoms. The van der Waals surface area contributed by atoms with Crippen molar-refractivity contribution >= 4 is 25.5 Å². The third-order valence-electron chi connectivity index (χ3n) is 3.43. The topological polar surface area (TPSA) is 125 Å². The van der Waals surface area contributed by atoms with Crippen molar-refractivity contribution in [2.24, 2.45) is 5.14 Å². The van der Waals surface area contributed by atoms with Gasteiger partial charge in [0.2, 0.25) is 10.0 Å². The van der Waals surface area contributed by atoms with Crippen molar-refractivity contribution in [1.29, 1.82) is 0 Å². The van der Waals surface area contributed by atoms with Crippen LogP contribution < -0.4 is 19.9 Å². The lowest BCUT2D eigenvalue weighted by Crippen LogP contribution is -2.16. The minimum atomic E-state index is -4.00. The summed E-state index contributed by atoms with van der Waals surface area (Å²) in [6.07, 6.45) is 0.992. The maximum absolute atomic E-state index is 11.9. The van der Waals surface area contributed by atoms with Crippen molar-refractivity contribution in [2.45, 2.75) is 9.79 Å². The van der Waals surface area contributed by atoms with Crippen LogP contribution in [0.4, 0.5) is 5.69 Å². The summed E-state index contributed by atoms with van der Waals surface area (Å²) in [7, 11) is -6.13. The molecule has 0 heterocycles. The SMILES string of the molecule is COc1ccccc1OCCNc1ccc(S(N)(=O)=O)cc1S(C)(=O)=O. The molecule has 0 fully saturated rings. The van der Waals surface area contributed by atoms with E-state index in [1.165, 1.54) is 19.2 Å². The number of anilines is 1. The van der Waals surface area contributed by atoms with Crippen molar-refractivity contribution in [2.75, 3.05) is 31.8 Å². The van der Waals surface area contributed by atoms with E-state index in [0.29, 0.717) is 11.5 Å². The van der Waals surface area contributed by atoms with E-state index in [2.05, 4.69) is 5.32 Å². The van der Waals surface area contributed by atoms with E-state index < -0.39 is 19.9 Å². The van der Waals surface area contributed by atoms with Gasteiger partial charge in [-0.2, -0.15) is 0 Å². The summed E-state index contributed by atoms with van der Waals surface area (Å²) in [6.45, 7) is 0.524. The van der Waals surface area contributed by atoms with Gasteiger partial charge < -0.3 is 14.8 Å². The van der Waals surface area contributed by atoms with Gasteiger partial charge in [-0.05, 0) is 30.3 Å². The van der Waals surface area contributed by atoms with Crippen LogP contribution in [-0.2, 0) is 19.9 Å². The van der Waals surface area contributed by atoms with Gasteiger partial charge in [0, 0.05) is 12.8 Å². The van der Waals surface area contributed by atoms with Crippen LogP contribution in [0.3, 0.4) is 0 Å². The molecule has 0 radical (unpaired) electrons. The Bertz CT molecular complexity index is 988. The molecule has 10 heteroatoms. The van der Waals surface area contributed by atoms with Crippen LogP contribution in [0.25, 0.3) is 0 Å². The fraction of sp³-hybridized carbons (Fsp3) is 0.250. The number of hydrogen-bond acceptors (Lipinski definition) is 7. The van der Waals surface area contributed by atoms with Gasteiger partial charge in [0.25, 0.3) is 0 Å². The number of nitrogens with one attached hydrogen (secondary N) is 1. The van der Waals surface area contributed by atoms with E-state index in [4.69, 9.17) is 14.6 Å². The molecule has 0 saturated carbocycles. The summed E-state index contributed by atoms with van der Waals surface area (Å²) in [5.41, 5.74) is 0.267. The molecule has 0 saturated heterocycles. The lowest BCUT2D eigenvalue weighted by molar-refractivity contribution is 0.306. The van der Waals surface area contributed by atoms with Gasteiger partial charge in [-0.3, -0.25) is 0 Å². The van der Waals surface area contributed by atoms with Crippen LogP contribution in [0.5, 0.6) is 11.5 Å². The Morgan fingerprint density at radius 1 is 1.04 bits per heavy atom. The van der Waals surface area contributed by atoms with Gasteiger partial charge >= 0.3 is 0 Å². The van der Waals surface area contributed by atoms with Crippen molar-refractivity contribution < 1.29 is 26.3 Å². The average Bonchev–Trinajstić information content (AvgIpc) is 2.57. The van der Waals surface area contributed by atoms with Gasteiger partial charge in [0.1, 0.15) is 6.61 Å².